The summed E-state index contributed by atoms with van der Waals surface area (Å²) in [6.07, 6.45) is 3.38. The number of nitrogens with zero attached hydrogens (tertiary/aromatic N) is 1. The highest BCUT2D eigenvalue weighted by atomic mass is 16.5. The van der Waals surface area contributed by atoms with Crippen LogP contribution in [0.3, 0.4) is 0 Å². The molecule has 1 aromatic carbocycles. The van der Waals surface area contributed by atoms with E-state index in [0.717, 1.165) is 11.4 Å². The van der Waals surface area contributed by atoms with Crippen LogP contribution in [-0.4, -0.2) is 22.4 Å². The van der Waals surface area contributed by atoms with E-state index < -0.39 is 0 Å². The van der Waals surface area contributed by atoms with Crippen LogP contribution in [0.1, 0.15) is 27.3 Å². The molecule has 0 saturated heterocycles. The molecular weight excluding hydrogens is 228 g/mol. The smallest absolute Gasteiger partial charge is 0.188 e. The van der Waals surface area contributed by atoms with Gasteiger partial charge in [0, 0.05) is 18.0 Å². The van der Waals surface area contributed by atoms with E-state index in [2.05, 4.69) is 9.97 Å². The second-order valence-corrected chi connectivity index (χ2v) is 4.25. The second-order valence-electron chi connectivity index (χ2n) is 4.25. The van der Waals surface area contributed by atoms with Gasteiger partial charge in [0.2, 0.25) is 0 Å². The standard InChI is InChI=1S/C14H16N2O2/c1-10-3-4-12(7-11(10)2)13(17)8-18-9-14-15-5-6-16-14/h3-7H,8-9H2,1-2H3,(H,15,16). The van der Waals surface area contributed by atoms with E-state index in [4.69, 9.17) is 4.74 Å². The van der Waals surface area contributed by atoms with Crippen LogP contribution < -0.4 is 0 Å². The normalized spacial score (nSPS) is 10.6. The maximum atomic E-state index is 11.9. The van der Waals surface area contributed by atoms with Gasteiger partial charge >= 0.3 is 0 Å². The minimum Gasteiger partial charge on any atom is -0.365 e. The first-order valence-electron chi connectivity index (χ1n) is 5.83. The lowest BCUT2D eigenvalue weighted by atomic mass is 10.0. The molecule has 2 aromatic rings. The minimum atomic E-state index is -0.00958. The third-order valence-electron chi connectivity index (χ3n) is 2.86. The number of aromatic nitrogens is 2. The molecule has 0 fully saturated rings. The first kappa shape index (κ1) is 12.5. The van der Waals surface area contributed by atoms with Crippen molar-refractivity contribution >= 4 is 5.78 Å². The number of ether oxygens (including phenoxy) is 1. The van der Waals surface area contributed by atoms with E-state index >= 15 is 0 Å². The lowest BCUT2D eigenvalue weighted by Gasteiger charge is -2.05. The van der Waals surface area contributed by atoms with Gasteiger partial charge in [0.05, 0.1) is 0 Å². The Morgan fingerprint density at radius 3 is 2.83 bits per heavy atom. The Bertz CT molecular complexity index is 533. The summed E-state index contributed by atoms with van der Waals surface area (Å²) < 4.78 is 5.32. The van der Waals surface area contributed by atoms with Gasteiger partial charge < -0.3 is 9.72 Å². The number of benzene rings is 1. The van der Waals surface area contributed by atoms with Crippen molar-refractivity contribution < 1.29 is 9.53 Å². The number of aromatic amines is 1. The molecule has 94 valence electrons. The number of Topliss-reactive ketones (excluding diaryl/α,β-unsaturated/α-hetero) is 1. The lowest BCUT2D eigenvalue weighted by Crippen LogP contribution is -2.10. The van der Waals surface area contributed by atoms with E-state index in [1.807, 2.05) is 32.0 Å². The highest BCUT2D eigenvalue weighted by molar-refractivity contribution is 5.97. The summed E-state index contributed by atoms with van der Waals surface area (Å²) in [6, 6.07) is 5.68. The number of hydrogen-bond acceptors (Lipinski definition) is 3. The van der Waals surface area contributed by atoms with Crippen molar-refractivity contribution in [3.05, 3.63) is 53.1 Å². The molecule has 4 heteroatoms. The van der Waals surface area contributed by atoms with Crippen molar-refractivity contribution in [1.82, 2.24) is 9.97 Å². The van der Waals surface area contributed by atoms with Gasteiger partial charge in [0.25, 0.3) is 0 Å². The van der Waals surface area contributed by atoms with Crippen LogP contribution in [0.2, 0.25) is 0 Å². The quantitative estimate of drug-likeness (QED) is 0.822. The summed E-state index contributed by atoms with van der Waals surface area (Å²) >= 11 is 0. The largest absolute Gasteiger partial charge is 0.365 e. The van der Waals surface area contributed by atoms with Gasteiger partial charge in [-0.3, -0.25) is 4.79 Å². The molecule has 0 unspecified atom stereocenters. The lowest BCUT2D eigenvalue weighted by molar-refractivity contribution is 0.0715. The van der Waals surface area contributed by atoms with E-state index in [1.165, 1.54) is 5.56 Å². The number of aryl methyl sites for hydroxylation is 2. The molecule has 0 spiro atoms. The minimum absolute atomic E-state index is 0.00958. The Balaban J connectivity index is 1.89. The molecule has 18 heavy (non-hydrogen) atoms. The second kappa shape index (κ2) is 5.60. The molecule has 0 saturated carbocycles. The van der Waals surface area contributed by atoms with Crippen LogP contribution in [-0.2, 0) is 11.3 Å². The summed E-state index contributed by atoms with van der Waals surface area (Å²) in [5.41, 5.74) is 2.99. The van der Waals surface area contributed by atoms with E-state index in [-0.39, 0.29) is 12.4 Å². The van der Waals surface area contributed by atoms with Crippen LogP contribution in [0.15, 0.2) is 30.6 Å². The maximum absolute atomic E-state index is 11.9. The molecule has 0 aliphatic heterocycles. The third-order valence-corrected chi connectivity index (χ3v) is 2.86. The van der Waals surface area contributed by atoms with E-state index in [0.29, 0.717) is 12.2 Å². The van der Waals surface area contributed by atoms with Crippen molar-refractivity contribution in [2.45, 2.75) is 20.5 Å². The van der Waals surface area contributed by atoms with Gasteiger partial charge in [-0.1, -0.05) is 12.1 Å². The zero-order valence-corrected chi connectivity index (χ0v) is 10.6. The number of H-pyrrole nitrogens is 1. The average molecular weight is 244 g/mol. The Labute approximate surface area is 106 Å². The predicted octanol–water partition coefficient (Wildman–Crippen LogP) is 2.43. The first-order valence-corrected chi connectivity index (χ1v) is 5.83. The van der Waals surface area contributed by atoms with Crippen molar-refractivity contribution in [2.24, 2.45) is 0 Å². The fraction of sp³-hybridized carbons (Fsp3) is 0.286. The topological polar surface area (TPSA) is 55.0 Å². The van der Waals surface area contributed by atoms with Gasteiger partial charge in [-0.2, -0.15) is 0 Å². The van der Waals surface area contributed by atoms with Crippen LogP contribution in [0.25, 0.3) is 0 Å². The molecule has 0 radical (unpaired) electrons. The molecule has 0 amide bonds. The van der Waals surface area contributed by atoms with E-state index in [9.17, 15) is 4.79 Å². The SMILES string of the molecule is Cc1ccc(C(=O)COCc2ncc[nH]2)cc1C. The molecule has 2 rings (SSSR count). The highest BCUT2D eigenvalue weighted by Crippen LogP contribution is 2.10. The first-order chi connectivity index (χ1) is 8.66. The summed E-state index contributed by atoms with van der Waals surface area (Å²) in [5.74, 6) is 0.715. The average Bonchev–Trinajstić information content (AvgIpc) is 2.85. The molecular formula is C14H16N2O2. The van der Waals surface area contributed by atoms with Gasteiger partial charge in [0.1, 0.15) is 19.0 Å². The van der Waals surface area contributed by atoms with Crippen molar-refractivity contribution in [1.29, 1.82) is 0 Å². The number of hydrogen-bond donors (Lipinski definition) is 1. The number of imidazole rings is 1. The molecule has 0 aliphatic rings. The van der Waals surface area contributed by atoms with Crippen LogP contribution in [0.5, 0.6) is 0 Å². The Morgan fingerprint density at radius 1 is 1.33 bits per heavy atom. The number of carbonyl (C=O) groups excluding carboxylic acids is 1. The molecule has 1 aromatic heterocycles. The highest BCUT2D eigenvalue weighted by Gasteiger charge is 2.07. The molecule has 0 aliphatic carbocycles. The maximum Gasteiger partial charge on any atom is 0.188 e. The molecule has 1 heterocycles. The van der Waals surface area contributed by atoms with Crippen LogP contribution in [0.4, 0.5) is 0 Å². The number of nitrogens with one attached hydrogen (secondary N) is 1. The van der Waals surface area contributed by atoms with E-state index in [1.54, 1.807) is 12.4 Å². The number of rotatable bonds is 5. The van der Waals surface area contributed by atoms with Crippen LogP contribution in [0, 0.1) is 13.8 Å². The summed E-state index contributed by atoms with van der Waals surface area (Å²) in [7, 11) is 0. The Hall–Kier alpha value is -1.94. The summed E-state index contributed by atoms with van der Waals surface area (Å²) in [6.45, 7) is 4.42. The fourth-order valence-corrected chi connectivity index (χ4v) is 1.62. The van der Waals surface area contributed by atoms with Crippen molar-refractivity contribution in [3.8, 4) is 0 Å². The molecule has 0 bridgehead atoms. The third kappa shape index (κ3) is 3.05. The van der Waals surface area contributed by atoms with Crippen LogP contribution >= 0.6 is 0 Å². The van der Waals surface area contributed by atoms with Gasteiger partial charge in [0.15, 0.2) is 5.78 Å². The van der Waals surface area contributed by atoms with Crippen molar-refractivity contribution in [3.63, 3.8) is 0 Å². The zero-order valence-electron chi connectivity index (χ0n) is 10.6. The molecule has 0 atom stereocenters. The Morgan fingerprint density at radius 2 is 2.17 bits per heavy atom. The number of carbonyl (C=O) groups is 1. The monoisotopic (exact) mass is 244 g/mol. The summed E-state index contributed by atoms with van der Waals surface area (Å²) in [5, 5.41) is 0. The van der Waals surface area contributed by atoms with Gasteiger partial charge in [-0.15, -0.1) is 0 Å². The number of ketones is 1. The van der Waals surface area contributed by atoms with Crippen molar-refractivity contribution in [2.75, 3.05) is 6.61 Å². The van der Waals surface area contributed by atoms with Gasteiger partial charge in [-0.05, 0) is 31.0 Å². The summed E-state index contributed by atoms with van der Waals surface area (Å²) in [4.78, 5) is 18.8. The fourth-order valence-electron chi connectivity index (χ4n) is 1.62. The van der Waals surface area contributed by atoms with Gasteiger partial charge in [-0.25, -0.2) is 4.98 Å². The molecule has 1 N–H and O–H groups in total. The zero-order chi connectivity index (χ0) is 13.0. The Kier molecular flexibility index (Phi) is 3.89. The predicted molar refractivity (Wildman–Crippen MR) is 68.5 cm³/mol. The molecule has 4 nitrogen and oxygen atoms in total.